The number of aryl methyl sites for hydroxylation is 1. The smallest absolute Gasteiger partial charge is 0.129 e. The minimum Gasteiger partial charge on any atom is -0.394 e. The van der Waals surface area contributed by atoms with Crippen LogP contribution in [0, 0.1) is 6.92 Å². The molecule has 0 heterocycles. The zero-order chi connectivity index (χ0) is 9.52. The molecule has 3 heteroatoms. The molecule has 1 aromatic rings. The van der Waals surface area contributed by atoms with E-state index >= 15 is 0 Å². The van der Waals surface area contributed by atoms with Crippen LogP contribution in [0.5, 0.6) is 0 Å². The molecule has 0 saturated carbocycles. The normalized spacial score (nSPS) is 10.6. The topological polar surface area (TPSA) is 47.6 Å². The third kappa shape index (κ3) is 3.71. The van der Waals surface area contributed by atoms with Gasteiger partial charge in [0.1, 0.15) is 6.61 Å². The molecule has 0 radical (unpaired) electrons. The molecule has 0 bridgehead atoms. The number of hydrogen-bond donors (Lipinski definition) is 1. The van der Waals surface area contributed by atoms with E-state index < -0.39 is 0 Å². The van der Waals surface area contributed by atoms with E-state index in [1.807, 2.05) is 31.2 Å². The minimum absolute atomic E-state index is 0.461. The van der Waals surface area contributed by atoms with Gasteiger partial charge in [-0.3, -0.25) is 0 Å². The molecule has 0 aliphatic rings. The van der Waals surface area contributed by atoms with Crippen LogP contribution in [0.3, 0.4) is 0 Å². The Balaban J connectivity index is 2.44. The van der Waals surface area contributed by atoms with Crippen molar-refractivity contribution < 1.29 is 4.84 Å². The first-order chi connectivity index (χ1) is 6.33. The van der Waals surface area contributed by atoms with Gasteiger partial charge in [0.15, 0.2) is 0 Å². The van der Waals surface area contributed by atoms with Gasteiger partial charge in [-0.15, -0.1) is 0 Å². The Kier molecular flexibility index (Phi) is 3.99. The summed E-state index contributed by atoms with van der Waals surface area (Å²) in [4.78, 5) is 4.86. The Labute approximate surface area is 78.2 Å². The van der Waals surface area contributed by atoms with Crippen molar-refractivity contribution in [2.45, 2.75) is 6.92 Å². The van der Waals surface area contributed by atoms with Crippen LogP contribution in [0.4, 0.5) is 0 Å². The molecular formula is C10H14N2O. The van der Waals surface area contributed by atoms with Gasteiger partial charge in [0, 0.05) is 6.54 Å². The first kappa shape index (κ1) is 9.74. The lowest BCUT2D eigenvalue weighted by molar-refractivity contribution is 0.154. The molecule has 2 N–H and O–H groups in total. The third-order valence-corrected chi connectivity index (χ3v) is 1.56. The molecule has 0 spiro atoms. The van der Waals surface area contributed by atoms with Gasteiger partial charge in [0.05, 0.1) is 6.21 Å². The summed E-state index contributed by atoms with van der Waals surface area (Å²) >= 11 is 0. The van der Waals surface area contributed by atoms with E-state index in [4.69, 9.17) is 10.6 Å². The molecule has 13 heavy (non-hydrogen) atoms. The molecule has 0 aromatic heterocycles. The van der Waals surface area contributed by atoms with E-state index in [0.29, 0.717) is 13.2 Å². The molecule has 0 aliphatic carbocycles. The van der Waals surface area contributed by atoms with Crippen LogP contribution in [0.25, 0.3) is 0 Å². The summed E-state index contributed by atoms with van der Waals surface area (Å²) in [5, 5.41) is 3.76. The van der Waals surface area contributed by atoms with Crippen LogP contribution in [0.1, 0.15) is 11.1 Å². The number of benzene rings is 1. The highest BCUT2D eigenvalue weighted by Crippen LogP contribution is 1.99. The Morgan fingerprint density at radius 2 is 2.08 bits per heavy atom. The number of hydrogen-bond acceptors (Lipinski definition) is 3. The second-order valence-corrected chi connectivity index (χ2v) is 2.77. The van der Waals surface area contributed by atoms with Gasteiger partial charge in [-0.25, -0.2) is 0 Å². The summed E-state index contributed by atoms with van der Waals surface area (Å²) in [6, 6.07) is 8.05. The van der Waals surface area contributed by atoms with Crippen molar-refractivity contribution in [3.63, 3.8) is 0 Å². The van der Waals surface area contributed by atoms with Crippen LogP contribution < -0.4 is 5.73 Å². The maximum atomic E-state index is 5.23. The van der Waals surface area contributed by atoms with Gasteiger partial charge < -0.3 is 10.6 Å². The molecule has 0 amide bonds. The molecule has 70 valence electrons. The zero-order valence-electron chi connectivity index (χ0n) is 7.73. The predicted molar refractivity (Wildman–Crippen MR) is 53.8 cm³/mol. The van der Waals surface area contributed by atoms with Crippen LogP contribution >= 0.6 is 0 Å². The van der Waals surface area contributed by atoms with Gasteiger partial charge >= 0.3 is 0 Å². The summed E-state index contributed by atoms with van der Waals surface area (Å²) in [7, 11) is 0. The third-order valence-electron chi connectivity index (χ3n) is 1.56. The summed E-state index contributed by atoms with van der Waals surface area (Å²) in [5.74, 6) is 0. The summed E-state index contributed by atoms with van der Waals surface area (Å²) in [6.45, 7) is 3.00. The Hall–Kier alpha value is -1.35. The van der Waals surface area contributed by atoms with Crippen molar-refractivity contribution in [1.29, 1.82) is 0 Å². The lowest BCUT2D eigenvalue weighted by atomic mass is 10.2. The van der Waals surface area contributed by atoms with Crippen molar-refractivity contribution in [1.82, 2.24) is 0 Å². The molecule has 0 aliphatic heterocycles. The van der Waals surface area contributed by atoms with Gasteiger partial charge in [-0.05, 0) is 12.5 Å². The molecule has 0 fully saturated rings. The van der Waals surface area contributed by atoms with Crippen molar-refractivity contribution >= 4 is 6.21 Å². The highest BCUT2D eigenvalue weighted by Gasteiger charge is 1.86. The van der Waals surface area contributed by atoms with E-state index in [1.54, 1.807) is 6.21 Å². The van der Waals surface area contributed by atoms with Gasteiger partial charge in [-0.1, -0.05) is 35.0 Å². The Morgan fingerprint density at radius 1 is 1.38 bits per heavy atom. The second kappa shape index (κ2) is 5.32. The molecule has 1 aromatic carbocycles. The van der Waals surface area contributed by atoms with Crippen LogP contribution in [0.2, 0.25) is 0 Å². The number of nitrogens with zero attached hydrogens (tertiary/aromatic N) is 1. The summed E-state index contributed by atoms with van der Waals surface area (Å²) in [6.07, 6.45) is 1.68. The molecule has 3 nitrogen and oxygen atoms in total. The second-order valence-electron chi connectivity index (χ2n) is 2.77. The SMILES string of the molecule is Cc1ccc(/C=N/OCCN)cc1. The van der Waals surface area contributed by atoms with E-state index in [2.05, 4.69) is 5.16 Å². The lowest BCUT2D eigenvalue weighted by Crippen LogP contribution is -2.05. The fourth-order valence-electron chi connectivity index (χ4n) is 0.856. The minimum atomic E-state index is 0.461. The van der Waals surface area contributed by atoms with E-state index in [9.17, 15) is 0 Å². The van der Waals surface area contributed by atoms with Crippen molar-refractivity contribution in [3.05, 3.63) is 35.4 Å². The van der Waals surface area contributed by atoms with E-state index in [-0.39, 0.29) is 0 Å². The number of oxime groups is 1. The number of nitrogens with two attached hydrogens (primary N) is 1. The quantitative estimate of drug-likeness (QED) is 0.429. The number of rotatable bonds is 4. The first-order valence-electron chi connectivity index (χ1n) is 4.25. The van der Waals surface area contributed by atoms with Crippen LogP contribution in [-0.2, 0) is 4.84 Å². The molecular weight excluding hydrogens is 164 g/mol. The average molecular weight is 178 g/mol. The zero-order valence-corrected chi connectivity index (χ0v) is 7.73. The maximum Gasteiger partial charge on any atom is 0.129 e. The first-order valence-corrected chi connectivity index (χ1v) is 4.25. The molecule has 0 saturated heterocycles. The maximum absolute atomic E-state index is 5.23. The fraction of sp³-hybridized carbons (Fsp3) is 0.300. The van der Waals surface area contributed by atoms with E-state index in [1.165, 1.54) is 5.56 Å². The summed E-state index contributed by atoms with van der Waals surface area (Å²) < 4.78 is 0. The van der Waals surface area contributed by atoms with Crippen molar-refractivity contribution in [3.8, 4) is 0 Å². The van der Waals surface area contributed by atoms with Gasteiger partial charge in [-0.2, -0.15) is 0 Å². The Bertz CT molecular complexity index is 267. The predicted octanol–water partition coefficient (Wildman–Crippen LogP) is 1.30. The van der Waals surface area contributed by atoms with Gasteiger partial charge in [0.25, 0.3) is 0 Å². The largest absolute Gasteiger partial charge is 0.394 e. The van der Waals surface area contributed by atoms with E-state index in [0.717, 1.165) is 5.56 Å². The van der Waals surface area contributed by atoms with Crippen molar-refractivity contribution in [2.24, 2.45) is 10.9 Å². The molecule has 1 rings (SSSR count). The van der Waals surface area contributed by atoms with Crippen LogP contribution in [-0.4, -0.2) is 19.4 Å². The average Bonchev–Trinajstić information content (AvgIpc) is 2.15. The highest BCUT2D eigenvalue weighted by atomic mass is 16.6. The highest BCUT2D eigenvalue weighted by molar-refractivity contribution is 5.78. The van der Waals surface area contributed by atoms with Crippen LogP contribution in [0.15, 0.2) is 29.4 Å². The summed E-state index contributed by atoms with van der Waals surface area (Å²) in [5.41, 5.74) is 7.50. The van der Waals surface area contributed by atoms with Gasteiger partial charge in [0.2, 0.25) is 0 Å². The standard InChI is InChI=1S/C10H14N2O/c1-9-2-4-10(5-3-9)8-12-13-7-6-11/h2-5,8H,6-7,11H2,1H3/b12-8+. The fourth-order valence-corrected chi connectivity index (χ4v) is 0.856. The lowest BCUT2D eigenvalue weighted by Gasteiger charge is -1.95. The van der Waals surface area contributed by atoms with Crippen molar-refractivity contribution in [2.75, 3.05) is 13.2 Å². The Morgan fingerprint density at radius 3 is 2.69 bits per heavy atom. The molecule has 0 unspecified atom stereocenters. The molecule has 0 atom stereocenters. The monoisotopic (exact) mass is 178 g/mol.